The Bertz CT molecular complexity index is 883. The number of benzene rings is 2. The number of rotatable bonds is 6. The van der Waals surface area contributed by atoms with Crippen LogP contribution >= 0.6 is 11.6 Å². The molecule has 134 valence electrons. The van der Waals surface area contributed by atoms with Crippen LogP contribution in [0, 0.1) is 0 Å². The van der Waals surface area contributed by atoms with E-state index < -0.39 is 0 Å². The number of hydrogen-bond donors (Lipinski definition) is 2. The first-order valence-electron chi connectivity index (χ1n) is 8.03. The number of methoxy groups -OCH3 is 1. The van der Waals surface area contributed by atoms with E-state index in [0.717, 1.165) is 17.1 Å². The lowest BCUT2D eigenvalue weighted by Gasteiger charge is -2.13. The quantitative estimate of drug-likeness (QED) is 0.657. The van der Waals surface area contributed by atoms with Crippen LogP contribution in [0.15, 0.2) is 54.7 Å². The zero-order chi connectivity index (χ0) is 18.5. The summed E-state index contributed by atoms with van der Waals surface area (Å²) in [5.41, 5.74) is 2.86. The molecule has 0 fully saturated rings. The summed E-state index contributed by atoms with van der Waals surface area (Å²) >= 11 is 6.16. The van der Waals surface area contributed by atoms with E-state index in [0.29, 0.717) is 22.5 Å². The summed E-state index contributed by atoms with van der Waals surface area (Å²) in [5.74, 6) is 1.80. The molecule has 0 radical (unpaired) electrons. The molecule has 0 aliphatic rings. The van der Waals surface area contributed by atoms with E-state index in [4.69, 9.17) is 16.3 Å². The Labute approximate surface area is 157 Å². The van der Waals surface area contributed by atoms with Crippen LogP contribution in [-0.2, 0) is 0 Å². The third-order valence-electron chi connectivity index (χ3n) is 3.72. The molecule has 26 heavy (non-hydrogen) atoms. The molecular weight excluding hydrogens is 350 g/mol. The molecule has 3 aromatic rings. The van der Waals surface area contributed by atoms with Crippen LogP contribution in [0.2, 0.25) is 5.02 Å². The van der Waals surface area contributed by atoms with Gasteiger partial charge in [0, 0.05) is 37.4 Å². The first-order valence-corrected chi connectivity index (χ1v) is 8.41. The molecule has 6 nitrogen and oxygen atoms in total. The highest BCUT2D eigenvalue weighted by molar-refractivity contribution is 6.32. The fourth-order valence-electron chi connectivity index (χ4n) is 2.35. The summed E-state index contributed by atoms with van der Waals surface area (Å²) in [4.78, 5) is 10.8. The van der Waals surface area contributed by atoms with E-state index in [9.17, 15) is 0 Å². The maximum Gasteiger partial charge on any atom is 0.229 e. The zero-order valence-electron chi connectivity index (χ0n) is 14.8. The van der Waals surface area contributed by atoms with Crippen LogP contribution < -0.4 is 20.3 Å². The predicted molar refractivity (Wildman–Crippen MR) is 107 cm³/mol. The third kappa shape index (κ3) is 4.34. The van der Waals surface area contributed by atoms with E-state index >= 15 is 0 Å². The molecule has 3 rings (SSSR count). The minimum Gasteiger partial charge on any atom is -0.495 e. The molecule has 0 atom stereocenters. The zero-order valence-corrected chi connectivity index (χ0v) is 15.6. The lowest BCUT2D eigenvalue weighted by Crippen LogP contribution is -2.08. The lowest BCUT2D eigenvalue weighted by atomic mass is 10.2. The summed E-state index contributed by atoms with van der Waals surface area (Å²) < 4.78 is 5.16. The van der Waals surface area contributed by atoms with Crippen molar-refractivity contribution in [3.63, 3.8) is 0 Å². The van der Waals surface area contributed by atoms with Crippen molar-refractivity contribution in [3.8, 4) is 5.75 Å². The van der Waals surface area contributed by atoms with Crippen LogP contribution in [0.4, 0.5) is 28.8 Å². The van der Waals surface area contributed by atoms with Gasteiger partial charge in [0.25, 0.3) is 0 Å². The molecule has 0 unspecified atom stereocenters. The van der Waals surface area contributed by atoms with Gasteiger partial charge in [0.2, 0.25) is 5.95 Å². The minimum absolute atomic E-state index is 0.507. The summed E-state index contributed by atoms with van der Waals surface area (Å²) in [6.45, 7) is 0. The molecular formula is C19H20ClN5O. The van der Waals surface area contributed by atoms with Gasteiger partial charge < -0.3 is 20.3 Å². The summed E-state index contributed by atoms with van der Waals surface area (Å²) in [7, 11) is 5.60. The van der Waals surface area contributed by atoms with Gasteiger partial charge >= 0.3 is 0 Å². The van der Waals surface area contributed by atoms with E-state index in [2.05, 4.69) is 20.6 Å². The highest BCUT2D eigenvalue weighted by Crippen LogP contribution is 2.28. The summed E-state index contributed by atoms with van der Waals surface area (Å²) in [5, 5.41) is 6.94. The first-order chi connectivity index (χ1) is 12.5. The van der Waals surface area contributed by atoms with Gasteiger partial charge in [0.15, 0.2) is 0 Å². The molecule has 2 N–H and O–H groups in total. The molecule has 0 aliphatic heterocycles. The SMILES string of the molecule is COc1ccc(Nc2ccnc(Nc3ccc(N(C)C)cc3)n2)cc1Cl. The minimum atomic E-state index is 0.507. The van der Waals surface area contributed by atoms with Gasteiger partial charge in [-0.05, 0) is 48.5 Å². The van der Waals surface area contributed by atoms with Crippen LogP contribution in [-0.4, -0.2) is 31.2 Å². The van der Waals surface area contributed by atoms with Gasteiger partial charge in [-0.2, -0.15) is 4.98 Å². The van der Waals surface area contributed by atoms with Gasteiger partial charge in [-0.1, -0.05) is 11.6 Å². The second kappa shape index (κ2) is 7.93. The Morgan fingerprint density at radius 3 is 2.35 bits per heavy atom. The van der Waals surface area contributed by atoms with E-state index in [1.807, 2.05) is 49.3 Å². The molecule has 0 bridgehead atoms. The summed E-state index contributed by atoms with van der Waals surface area (Å²) in [6.07, 6.45) is 1.69. The van der Waals surface area contributed by atoms with E-state index in [-0.39, 0.29) is 0 Å². The molecule has 1 heterocycles. The van der Waals surface area contributed by atoms with Crippen molar-refractivity contribution < 1.29 is 4.74 Å². The van der Waals surface area contributed by atoms with Crippen molar-refractivity contribution in [2.75, 3.05) is 36.7 Å². The van der Waals surface area contributed by atoms with Crippen LogP contribution in [0.5, 0.6) is 5.75 Å². The molecule has 0 spiro atoms. The second-order valence-corrected chi connectivity index (χ2v) is 6.21. The largest absolute Gasteiger partial charge is 0.495 e. The average molecular weight is 370 g/mol. The second-order valence-electron chi connectivity index (χ2n) is 5.81. The number of ether oxygens (including phenoxy) is 1. The number of halogens is 1. The molecule has 2 aromatic carbocycles. The molecule has 0 saturated heterocycles. The van der Waals surface area contributed by atoms with Crippen LogP contribution in [0.1, 0.15) is 0 Å². The molecule has 0 saturated carbocycles. The smallest absolute Gasteiger partial charge is 0.229 e. The number of aromatic nitrogens is 2. The number of nitrogens with one attached hydrogen (secondary N) is 2. The fourth-order valence-corrected chi connectivity index (χ4v) is 2.61. The van der Waals surface area contributed by atoms with Crippen molar-refractivity contribution >= 4 is 40.4 Å². The van der Waals surface area contributed by atoms with E-state index in [1.165, 1.54) is 0 Å². The average Bonchev–Trinajstić information content (AvgIpc) is 2.63. The number of hydrogen-bond acceptors (Lipinski definition) is 6. The van der Waals surface area contributed by atoms with E-state index in [1.54, 1.807) is 31.5 Å². The first kappa shape index (κ1) is 17.8. The number of nitrogens with zero attached hydrogens (tertiary/aromatic N) is 3. The van der Waals surface area contributed by atoms with Crippen molar-refractivity contribution in [2.45, 2.75) is 0 Å². The maximum absolute atomic E-state index is 6.16. The molecule has 7 heteroatoms. The van der Waals surface area contributed by atoms with Crippen molar-refractivity contribution in [1.29, 1.82) is 0 Å². The Morgan fingerprint density at radius 2 is 1.69 bits per heavy atom. The Kier molecular flexibility index (Phi) is 5.43. The summed E-state index contributed by atoms with van der Waals surface area (Å²) in [6, 6.07) is 15.3. The van der Waals surface area contributed by atoms with Crippen molar-refractivity contribution in [3.05, 3.63) is 59.8 Å². The van der Waals surface area contributed by atoms with Gasteiger partial charge in [0.05, 0.1) is 12.1 Å². The number of anilines is 5. The molecule has 0 aliphatic carbocycles. The predicted octanol–water partition coefficient (Wildman–Crippen LogP) is 4.69. The van der Waals surface area contributed by atoms with Gasteiger partial charge in [-0.3, -0.25) is 0 Å². The van der Waals surface area contributed by atoms with Crippen molar-refractivity contribution in [1.82, 2.24) is 9.97 Å². The van der Waals surface area contributed by atoms with Crippen molar-refractivity contribution in [2.24, 2.45) is 0 Å². The highest BCUT2D eigenvalue weighted by Gasteiger charge is 2.05. The normalized spacial score (nSPS) is 10.3. The monoisotopic (exact) mass is 369 g/mol. The Balaban J connectivity index is 1.72. The lowest BCUT2D eigenvalue weighted by molar-refractivity contribution is 0.415. The topological polar surface area (TPSA) is 62.3 Å². The fraction of sp³-hybridized carbons (Fsp3) is 0.158. The Hall–Kier alpha value is -2.99. The van der Waals surface area contributed by atoms with Crippen LogP contribution in [0.3, 0.4) is 0 Å². The third-order valence-corrected chi connectivity index (χ3v) is 4.01. The van der Waals surface area contributed by atoms with Crippen LogP contribution in [0.25, 0.3) is 0 Å². The van der Waals surface area contributed by atoms with Gasteiger partial charge in [-0.15, -0.1) is 0 Å². The standard InChI is InChI=1S/C19H20ClN5O/c1-25(2)15-7-4-13(5-8-15)23-19-21-11-10-18(24-19)22-14-6-9-17(26-3)16(20)12-14/h4-12H,1-3H3,(H2,21,22,23,24). The maximum atomic E-state index is 6.16. The van der Waals surface area contributed by atoms with Gasteiger partial charge in [0.1, 0.15) is 11.6 Å². The molecule has 0 amide bonds. The molecule has 1 aromatic heterocycles. The van der Waals surface area contributed by atoms with Gasteiger partial charge in [-0.25, -0.2) is 4.98 Å². The Morgan fingerprint density at radius 1 is 0.962 bits per heavy atom. The highest BCUT2D eigenvalue weighted by atomic mass is 35.5.